The van der Waals surface area contributed by atoms with Gasteiger partial charge in [-0.15, -0.1) is 0 Å². The number of aromatic nitrogens is 2. The normalized spacial score (nSPS) is 17.1. The van der Waals surface area contributed by atoms with Gasteiger partial charge in [-0.05, 0) is 54.6 Å². The average molecular weight is 375 g/mol. The highest BCUT2D eigenvalue weighted by atomic mass is 19.1. The van der Waals surface area contributed by atoms with Crippen LogP contribution < -0.4 is 5.32 Å². The smallest absolute Gasteiger partial charge is 0.123 e. The Bertz CT molecular complexity index is 1040. The fourth-order valence-electron chi connectivity index (χ4n) is 3.57. The monoisotopic (exact) mass is 375 g/mol. The van der Waals surface area contributed by atoms with E-state index in [1.165, 1.54) is 12.1 Å². The highest BCUT2D eigenvalue weighted by Gasteiger charge is 2.26. The van der Waals surface area contributed by atoms with Crippen LogP contribution in [0.25, 0.3) is 16.8 Å². The van der Waals surface area contributed by atoms with Gasteiger partial charge in [-0.2, -0.15) is 5.10 Å². The van der Waals surface area contributed by atoms with Crippen molar-refractivity contribution in [2.24, 2.45) is 7.05 Å². The summed E-state index contributed by atoms with van der Waals surface area (Å²) < 4.78 is 15.2. The fourth-order valence-corrected chi connectivity index (χ4v) is 3.57. The second-order valence-electron chi connectivity index (χ2n) is 6.96. The third-order valence-electron chi connectivity index (χ3n) is 4.92. The Morgan fingerprint density at radius 1 is 1.11 bits per heavy atom. The molecule has 0 bridgehead atoms. The van der Waals surface area contributed by atoms with Gasteiger partial charge in [0.1, 0.15) is 17.6 Å². The lowest BCUT2D eigenvalue weighted by Crippen LogP contribution is -2.21. The summed E-state index contributed by atoms with van der Waals surface area (Å²) in [6, 6.07) is 16.0. The van der Waals surface area contributed by atoms with Gasteiger partial charge in [0.25, 0.3) is 0 Å². The molecule has 3 aromatic rings. The number of aliphatic hydroxyl groups is 1. The van der Waals surface area contributed by atoms with Crippen LogP contribution in [-0.4, -0.2) is 20.9 Å². The standard InChI is InChI=1S/C23H22FN3O/c1-15-14-18(12-13-25-15)20-21(16-8-10-19(24)11-9-16)26-27(2)22(20)23(28)17-6-4-3-5-7-17/h3-15,23,25,28H,1-2H3. The molecule has 4 rings (SSSR count). The number of nitrogens with zero attached hydrogens (tertiary/aromatic N) is 2. The first-order valence-corrected chi connectivity index (χ1v) is 9.25. The molecule has 2 N–H and O–H groups in total. The number of allylic oxidation sites excluding steroid dienone is 2. The number of nitrogens with one attached hydrogen (secondary N) is 1. The van der Waals surface area contributed by atoms with Gasteiger partial charge in [0.05, 0.1) is 5.69 Å². The number of halogens is 1. The molecule has 0 amide bonds. The minimum atomic E-state index is -0.831. The van der Waals surface area contributed by atoms with Crippen LogP contribution in [0.1, 0.15) is 29.8 Å². The van der Waals surface area contributed by atoms with E-state index in [4.69, 9.17) is 5.10 Å². The Morgan fingerprint density at radius 3 is 2.50 bits per heavy atom. The van der Waals surface area contributed by atoms with E-state index in [-0.39, 0.29) is 11.9 Å². The Morgan fingerprint density at radius 2 is 1.82 bits per heavy atom. The van der Waals surface area contributed by atoms with Crippen LogP contribution in [0.2, 0.25) is 0 Å². The summed E-state index contributed by atoms with van der Waals surface area (Å²) in [5.74, 6) is -0.291. The topological polar surface area (TPSA) is 50.1 Å². The summed E-state index contributed by atoms with van der Waals surface area (Å²) >= 11 is 0. The van der Waals surface area contributed by atoms with Gasteiger partial charge < -0.3 is 10.4 Å². The minimum absolute atomic E-state index is 0.156. The third kappa shape index (κ3) is 3.37. The first-order chi connectivity index (χ1) is 13.5. The zero-order valence-electron chi connectivity index (χ0n) is 15.8. The number of rotatable bonds is 4. The van der Waals surface area contributed by atoms with E-state index >= 15 is 0 Å². The maximum atomic E-state index is 13.4. The van der Waals surface area contributed by atoms with Crippen molar-refractivity contribution >= 4 is 5.57 Å². The summed E-state index contributed by atoms with van der Waals surface area (Å²) in [6.45, 7) is 2.06. The minimum Gasteiger partial charge on any atom is -0.385 e. The van der Waals surface area contributed by atoms with E-state index in [1.807, 2.05) is 49.7 Å². The van der Waals surface area contributed by atoms with Crippen LogP contribution in [0.3, 0.4) is 0 Å². The van der Waals surface area contributed by atoms with Crippen LogP contribution in [0.15, 0.2) is 72.9 Å². The van der Waals surface area contributed by atoms with Gasteiger partial charge in [-0.25, -0.2) is 4.39 Å². The molecule has 0 spiro atoms. The number of benzene rings is 2. The molecule has 28 heavy (non-hydrogen) atoms. The lowest BCUT2D eigenvalue weighted by Gasteiger charge is -2.19. The van der Waals surface area contributed by atoms with Gasteiger partial charge in [-0.3, -0.25) is 4.68 Å². The molecule has 4 nitrogen and oxygen atoms in total. The van der Waals surface area contributed by atoms with E-state index in [9.17, 15) is 9.50 Å². The predicted molar refractivity (Wildman–Crippen MR) is 109 cm³/mol. The van der Waals surface area contributed by atoms with Gasteiger partial charge in [0.15, 0.2) is 0 Å². The molecule has 0 radical (unpaired) electrons. The molecular formula is C23H22FN3O. The molecule has 0 saturated heterocycles. The number of dihydropyridines is 1. The van der Waals surface area contributed by atoms with Crippen molar-refractivity contribution in [3.63, 3.8) is 0 Å². The van der Waals surface area contributed by atoms with Crippen LogP contribution in [-0.2, 0) is 7.05 Å². The molecule has 0 fully saturated rings. The van der Waals surface area contributed by atoms with Crippen LogP contribution in [0, 0.1) is 5.82 Å². The van der Waals surface area contributed by atoms with Crippen LogP contribution in [0.4, 0.5) is 4.39 Å². The second kappa shape index (κ2) is 7.44. The summed E-state index contributed by atoms with van der Waals surface area (Å²) in [7, 11) is 1.83. The molecule has 0 aliphatic carbocycles. The maximum absolute atomic E-state index is 13.4. The van der Waals surface area contributed by atoms with Crippen molar-refractivity contribution in [3.05, 3.63) is 95.6 Å². The van der Waals surface area contributed by atoms with Crippen molar-refractivity contribution in [1.29, 1.82) is 0 Å². The fraction of sp³-hybridized carbons (Fsp3) is 0.174. The van der Waals surface area contributed by atoms with E-state index in [0.29, 0.717) is 5.69 Å². The quantitative estimate of drug-likeness (QED) is 0.719. The average Bonchev–Trinajstić information content (AvgIpc) is 3.06. The molecule has 2 unspecified atom stereocenters. The molecule has 2 atom stereocenters. The predicted octanol–water partition coefficient (Wildman–Crippen LogP) is 4.20. The number of hydrogen-bond acceptors (Lipinski definition) is 3. The van der Waals surface area contributed by atoms with Crippen LogP contribution in [0.5, 0.6) is 0 Å². The zero-order valence-corrected chi connectivity index (χ0v) is 15.8. The van der Waals surface area contributed by atoms with E-state index in [1.54, 1.807) is 16.8 Å². The molecule has 0 saturated carbocycles. The lowest BCUT2D eigenvalue weighted by molar-refractivity contribution is 0.209. The van der Waals surface area contributed by atoms with Crippen LogP contribution >= 0.6 is 0 Å². The van der Waals surface area contributed by atoms with Crippen molar-refractivity contribution in [2.45, 2.75) is 19.1 Å². The van der Waals surface area contributed by atoms with E-state index in [0.717, 1.165) is 28.0 Å². The van der Waals surface area contributed by atoms with Gasteiger partial charge >= 0.3 is 0 Å². The van der Waals surface area contributed by atoms with Crippen molar-refractivity contribution < 1.29 is 9.50 Å². The van der Waals surface area contributed by atoms with Crippen molar-refractivity contribution in [3.8, 4) is 11.3 Å². The first kappa shape index (κ1) is 18.2. The largest absolute Gasteiger partial charge is 0.385 e. The molecule has 2 heterocycles. The summed E-state index contributed by atoms with van der Waals surface area (Å²) in [5.41, 5.74) is 4.86. The summed E-state index contributed by atoms with van der Waals surface area (Å²) in [4.78, 5) is 0. The Balaban J connectivity index is 1.93. The van der Waals surface area contributed by atoms with Gasteiger partial charge in [-0.1, -0.05) is 36.4 Å². The molecule has 1 aliphatic heterocycles. The summed E-state index contributed by atoms with van der Waals surface area (Å²) in [5, 5.41) is 19.1. The van der Waals surface area contributed by atoms with E-state index in [2.05, 4.69) is 18.3 Å². The molecule has 5 heteroatoms. The third-order valence-corrected chi connectivity index (χ3v) is 4.92. The van der Waals surface area contributed by atoms with Crippen molar-refractivity contribution in [2.75, 3.05) is 0 Å². The molecule has 1 aromatic heterocycles. The highest BCUT2D eigenvalue weighted by molar-refractivity contribution is 5.86. The number of aryl methyl sites for hydroxylation is 1. The molecule has 1 aliphatic rings. The molecular weight excluding hydrogens is 353 g/mol. The van der Waals surface area contributed by atoms with Gasteiger partial charge in [0.2, 0.25) is 0 Å². The van der Waals surface area contributed by atoms with Gasteiger partial charge in [0, 0.05) is 24.2 Å². The molecule has 2 aromatic carbocycles. The second-order valence-corrected chi connectivity index (χ2v) is 6.96. The first-order valence-electron chi connectivity index (χ1n) is 9.25. The molecule has 142 valence electrons. The lowest BCUT2D eigenvalue weighted by atomic mass is 9.92. The highest BCUT2D eigenvalue weighted by Crippen LogP contribution is 2.37. The Hall–Kier alpha value is -3.18. The number of hydrogen-bond donors (Lipinski definition) is 2. The SMILES string of the molecule is CC1C=C(c2c(-c3ccc(F)cc3)nn(C)c2C(O)c2ccccc2)C=CN1. The number of aliphatic hydroxyl groups excluding tert-OH is 1. The zero-order chi connectivity index (χ0) is 19.7. The Labute approximate surface area is 163 Å². The Kier molecular flexibility index (Phi) is 4.84. The van der Waals surface area contributed by atoms with Crippen molar-refractivity contribution in [1.82, 2.24) is 15.1 Å². The maximum Gasteiger partial charge on any atom is 0.123 e. The summed E-state index contributed by atoms with van der Waals surface area (Å²) in [6.07, 6.45) is 5.15. The van der Waals surface area contributed by atoms with E-state index < -0.39 is 6.10 Å².